The monoisotopic (exact) mass is 686 g/mol. The molecule has 270 valence electrons. The van der Waals surface area contributed by atoms with Gasteiger partial charge >= 0.3 is 5.97 Å². The quantitative estimate of drug-likeness (QED) is 0.160. The van der Waals surface area contributed by atoms with Crippen molar-refractivity contribution in [1.29, 1.82) is 0 Å². The largest absolute Gasteiger partial charge is 0.478 e. The predicted molar refractivity (Wildman–Crippen MR) is 190 cm³/mol. The van der Waals surface area contributed by atoms with Crippen LogP contribution in [0.1, 0.15) is 92.6 Å². The maximum absolute atomic E-state index is 14.9. The second-order valence-corrected chi connectivity index (χ2v) is 17.5. The van der Waals surface area contributed by atoms with Crippen LogP contribution in [0.4, 0.5) is 0 Å². The van der Waals surface area contributed by atoms with E-state index in [0.29, 0.717) is 30.4 Å². The smallest absolute Gasteiger partial charge is 0.331 e. The van der Waals surface area contributed by atoms with Crippen molar-refractivity contribution in [1.82, 2.24) is 0 Å². The number of carbonyl (C=O) groups is 3. The maximum Gasteiger partial charge on any atom is 0.331 e. The number of aliphatic hydroxyl groups is 4. The summed E-state index contributed by atoms with van der Waals surface area (Å²) in [5.41, 5.74) is -4.52. The standard InChI is InChI=1S/C42H54O8/c1-24(19-28(44)21-27(36(47)48)20-25(2)43)30-22-41(49)17-18-42(50)29(14-13-26-11-9-8-10-12-26)34-37(3,4)32(46)15-16-38(34,5)33-31(45)23-39(30,6)40(41,7)35(33)42/h8-14,17-18,21,24-25,28-30,34,43-44,49-50H,15-16,19-20,22-23H2,1-7H3,(H,47,48). The van der Waals surface area contributed by atoms with Crippen molar-refractivity contribution in [3.63, 3.8) is 0 Å². The predicted octanol–water partition coefficient (Wildman–Crippen LogP) is 5.84. The van der Waals surface area contributed by atoms with Crippen LogP contribution >= 0.6 is 0 Å². The van der Waals surface area contributed by atoms with E-state index in [4.69, 9.17) is 0 Å². The molecule has 50 heavy (non-hydrogen) atoms. The highest BCUT2D eigenvalue weighted by atomic mass is 16.4. The zero-order valence-electron chi connectivity index (χ0n) is 30.4. The average Bonchev–Trinajstić information content (AvgIpc) is 3.21. The summed E-state index contributed by atoms with van der Waals surface area (Å²) in [6, 6.07) is 9.81. The van der Waals surface area contributed by atoms with Gasteiger partial charge in [-0.05, 0) is 72.6 Å². The molecule has 11 unspecified atom stereocenters. The van der Waals surface area contributed by atoms with Gasteiger partial charge in [-0.15, -0.1) is 0 Å². The summed E-state index contributed by atoms with van der Waals surface area (Å²) in [4.78, 5) is 40.4. The minimum atomic E-state index is -1.66. The van der Waals surface area contributed by atoms with E-state index in [-0.39, 0.29) is 48.2 Å². The summed E-state index contributed by atoms with van der Waals surface area (Å²) in [5, 5.41) is 56.6. The average molecular weight is 687 g/mol. The summed E-state index contributed by atoms with van der Waals surface area (Å²) in [5.74, 6) is -2.65. The fourth-order valence-electron chi connectivity index (χ4n) is 11.8. The van der Waals surface area contributed by atoms with Crippen LogP contribution < -0.4 is 0 Å². The van der Waals surface area contributed by atoms with E-state index in [1.165, 1.54) is 13.0 Å². The molecule has 0 radical (unpaired) electrons. The molecule has 5 N–H and O–H groups in total. The lowest BCUT2D eigenvalue weighted by Crippen LogP contribution is -2.69. The first-order valence-corrected chi connectivity index (χ1v) is 18.2. The molecule has 6 rings (SSSR count). The summed E-state index contributed by atoms with van der Waals surface area (Å²) in [7, 11) is 0. The summed E-state index contributed by atoms with van der Waals surface area (Å²) in [6.07, 6.45) is 8.04. The van der Waals surface area contributed by atoms with Gasteiger partial charge in [0.15, 0.2) is 5.78 Å². The summed E-state index contributed by atoms with van der Waals surface area (Å²) < 4.78 is 0. The second-order valence-electron chi connectivity index (χ2n) is 17.5. The van der Waals surface area contributed by atoms with Gasteiger partial charge in [0, 0.05) is 52.6 Å². The Balaban J connectivity index is 1.50. The maximum atomic E-state index is 14.9. The fourth-order valence-corrected chi connectivity index (χ4v) is 11.8. The van der Waals surface area contributed by atoms with Crippen molar-refractivity contribution >= 4 is 23.6 Å². The third-order valence-corrected chi connectivity index (χ3v) is 14.2. The molecule has 0 spiro atoms. The minimum Gasteiger partial charge on any atom is -0.478 e. The van der Waals surface area contributed by atoms with Crippen LogP contribution in [0.15, 0.2) is 71.4 Å². The number of aliphatic hydroxyl groups excluding tert-OH is 2. The van der Waals surface area contributed by atoms with Crippen LogP contribution in [0.2, 0.25) is 0 Å². The summed E-state index contributed by atoms with van der Waals surface area (Å²) >= 11 is 0. The molecule has 1 aromatic rings. The number of rotatable bonds is 9. The van der Waals surface area contributed by atoms with Crippen molar-refractivity contribution in [3.05, 3.63) is 76.9 Å². The highest BCUT2D eigenvalue weighted by Gasteiger charge is 2.78. The lowest BCUT2D eigenvalue weighted by molar-refractivity contribution is -0.161. The normalized spacial score (nSPS) is 40.8. The van der Waals surface area contributed by atoms with Gasteiger partial charge in [-0.1, -0.05) is 90.1 Å². The summed E-state index contributed by atoms with van der Waals surface area (Å²) in [6.45, 7) is 13.5. The Morgan fingerprint density at radius 3 is 2.28 bits per heavy atom. The van der Waals surface area contributed by atoms with Crippen molar-refractivity contribution in [2.24, 2.45) is 45.3 Å². The number of aliphatic carboxylic acids is 1. The number of fused-ring (bicyclic) bond motifs is 2. The first-order valence-electron chi connectivity index (χ1n) is 18.2. The molecule has 11 atom stereocenters. The number of Topliss-reactive ketones (excluding diaryl/α,β-unsaturated/α-hetero) is 2. The molecular formula is C42H54O8. The Bertz CT molecular complexity index is 1720. The topological polar surface area (TPSA) is 152 Å². The Labute approximate surface area is 295 Å². The van der Waals surface area contributed by atoms with E-state index in [1.54, 1.807) is 12.2 Å². The van der Waals surface area contributed by atoms with Gasteiger partial charge in [0.25, 0.3) is 0 Å². The Morgan fingerprint density at radius 1 is 1.00 bits per heavy atom. The third kappa shape index (κ3) is 5.03. The van der Waals surface area contributed by atoms with Crippen molar-refractivity contribution < 1.29 is 39.9 Å². The van der Waals surface area contributed by atoms with Crippen LogP contribution in [-0.2, 0) is 14.4 Å². The lowest BCUT2D eigenvalue weighted by Gasteiger charge is -2.68. The number of carboxylic acids is 1. The highest BCUT2D eigenvalue weighted by Crippen LogP contribution is 2.78. The Morgan fingerprint density at radius 2 is 1.66 bits per heavy atom. The van der Waals surface area contributed by atoms with Crippen molar-refractivity contribution in [2.45, 2.75) is 110 Å². The van der Waals surface area contributed by atoms with Gasteiger partial charge in [0.1, 0.15) is 11.4 Å². The number of hydrogen-bond acceptors (Lipinski definition) is 7. The molecular weight excluding hydrogens is 632 g/mol. The number of hydrogen-bond donors (Lipinski definition) is 5. The molecule has 5 aliphatic rings. The molecule has 0 amide bonds. The second kappa shape index (κ2) is 11.9. The number of benzene rings is 1. The molecule has 8 heteroatoms. The van der Waals surface area contributed by atoms with E-state index in [1.807, 2.05) is 77.1 Å². The molecule has 0 saturated heterocycles. The molecule has 1 aromatic carbocycles. The van der Waals surface area contributed by atoms with Crippen LogP contribution in [-0.4, -0.2) is 66.5 Å². The van der Waals surface area contributed by atoms with Gasteiger partial charge in [0.2, 0.25) is 0 Å². The number of carbonyl (C=O) groups excluding carboxylic acids is 2. The molecule has 8 nitrogen and oxygen atoms in total. The molecule has 0 heterocycles. The first kappa shape index (κ1) is 36.6. The van der Waals surface area contributed by atoms with E-state index in [0.717, 1.165) is 5.56 Å². The molecule has 0 aliphatic heterocycles. The third-order valence-electron chi connectivity index (χ3n) is 14.2. The number of allylic oxidation sites excluding steroid dienone is 1. The molecule has 0 aromatic heterocycles. The van der Waals surface area contributed by atoms with Gasteiger partial charge in [-0.25, -0.2) is 4.79 Å². The number of ketones is 2. The van der Waals surface area contributed by atoms with Gasteiger partial charge in [-0.3, -0.25) is 9.59 Å². The minimum absolute atomic E-state index is 0.0659. The zero-order chi connectivity index (χ0) is 36.8. The van der Waals surface area contributed by atoms with Crippen LogP contribution in [0.25, 0.3) is 6.08 Å². The van der Waals surface area contributed by atoms with E-state index >= 15 is 0 Å². The molecule has 2 fully saturated rings. The highest BCUT2D eigenvalue weighted by molar-refractivity contribution is 6.02. The van der Waals surface area contributed by atoms with Crippen LogP contribution in [0.5, 0.6) is 0 Å². The zero-order valence-corrected chi connectivity index (χ0v) is 30.4. The lowest BCUT2D eigenvalue weighted by atomic mass is 9.36. The Kier molecular flexibility index (Phi) is 8.74. The molecule has 2 saturated carbocycles. The van der Waals surface area contributed by atoms with Gasteiger partial charge in [0.05, 0.1) is 17.8 Å². The van der Waals surface area contributed by atoms with Crippen molar-refractivity contribution in [3.8, 4) is 0 Å². The van der Waals surface area contributed by atoms with E-state index in [2.05, 4.69) is 6.92 Å². The van der Waals surface area contributed by atoms with Crippen molar-refractivity contribution in [2.75, 3.05) is 0 Å². The van der Waals surface area contributed by atoms with E-state index in [9.17, 15) is 39.9 Å². The SMILES string of the molecule is CC(O)CC(=CC(O)CC(C)C1CC2(O)C=CC3(O)C4=C(C(=O)CC1(C)C42C)C1(C)CCC(=O)C(C)(C)C1C3C=Cc1ccccc1)C(=O)O. The Hall–Kier alpha value is -3.17. The van der Waals surface area contributed by atoms with Crippen LogP contribution in [0.3, 0.4) is 0 Å². The van der Waals surface area contributed by atoms with Crippen LogP contribution in [0, 0.1) is 45.3 Å². The molecule has 5 aliphatic carbocycles. The van der Waals surface area contributed by atoms with E-state index < -0.39 is 62.9 Å². The van der Waals surface area contributed by atoms with Gasteiger partial charge < -0.3 is 25.5 Å². The molecule has 0 bridgehead atoms. The first-order chi connectivity index (χ1) is 23.2. The van der Waals surface area contributed by atoms with Gasteiger partial charge in [-0.2, -0.15) is 0 Å². The number of carboxylic acid groups (broad SMARTS) is 1. The fraction of sp³-hybridized carbons (Fsp3) is 0.595.